The zero-order valence-electron chi connectivity index (χ0n) is 12.6. The maximum absolute atomic E-state index is 4.75. The molecule has 106 valence electrons. The van der Waals surface area contributed by atoms with E-state index >= 15 is 0 Å². The summed E-state index contributed by atoms with van der Waals surface area (Å²) in [7, 11) is 0. The lowest BCUT2D eigenvalue weighted by molar-refractivity contribution is 0.821. The van der Waals surface area contributed by atoms with Gasteiger partial charge in [-0.1, -0.05) is 45.2 Å². The van der Waals surface area contributed by atoms with Gasteiger partial charge in [0.15, 0.2) is 0 Å². The Morgan fingerprint density at radius 2 is 1.85 bits per heavy atom. The smallest absolute Gasteiger partial charge is 0.129 e. The number of nitrogens with one attached hydrogen (secondary N) is 1. The van der Waals surface area contributed by atoms with Gasteiger partial charge in [0.2, 0.25) is 0 Å². The highest BCUT2D eigenvalue weighted by Gasteiger charge is 2.11. The predicted octanol–water partition coefficient (Wildman–Crippen LogP) is 4.89. The molecule has 2 heteroatoms. The van der Waals surface area contributed by atoms with E-state index in [0.29, 0.717) is 5.92 Å². The van der Waals surface area contributed by atoms with Crippen molar-refractivity contribution in [2.45, 2.75) is 51.9 Å². The quantitative estimate of drug-likeness (QED) is 0.796. The topological polar surface area (TPSA) is 24.9 Å². The van der Waals surface area contributed by atoms with Crippen molar-refractivity contribution in [3.8, 4) is 0 Å². The van der Waals surface area contributed by atoms with E-state index in [2.05, 4.69) is 43.4 Å². The molecule has 0 amide bonds. The van der Waals surface area contributed by atoms with Crippen molar-refractivity contribution in [3.63, 3.8) is 0 Å². The summed E-state index contributed by atoms with van der Waals surface area (Å²) in [6.07, 6.45) is 6.86. The van der Waals surface area contributed by atoms with Crippen LogP contribution in [0.1, 0.15) is 56.6 Å². The van der Waals surface area contributed by atoms with Gasteiger partial charge >= 0.3 is 0 Å². The molecular weight excluding hydrogens is 244 g/mol. The van der Waals surface area contributed by atoms with Gasteiger partial charge in [0.05, 0.1) is 5.52 Å². The van der Waals surface area contributed by atoms with Crippen molar-refractivity contribution in [2.24, 2.45) is 0 Å². The van der Waals surface area contributed by atoms with Crippen LogP contribution in [0.25, 0.3) is 10.9 Å². The van der Waals surface area contributed by atoms with E-state index in [9.17, 15) is 0 Å². The minimum absolute atomic E-state index is 0.560. The van der Waals surface area contributed by atoms with Gasteiger partial charge in [-0.3, -0.25) is 0 Å². The van der Waals surface area contributed by atoms with Gasteiger partial charge in [0.1, 0.15) is 5.82 Å². The summed E-state index contributed by atoms with van der Waals surface area (Å²) in [5.41, 5.74) is 3.84. The first-order valence-corrected chi connectivity index (χ1v) is 7.91. The molecule has 0 unspecified atom stereocenters. The number of hydrogen-bond acceptors (Lipinski definition) is 2. The van der Waals surface area contributed by atoms with Crippen LogP contribution in [-0.2, 0) is 6.42 Å². The predicted molar refractivity (Wildman–Crippen MR) is 86.5 cm³/mol. The Morgan fingerprint density at radius 1 is 1.05 bits per heavy atom. The molecule has 2 aromatic rings. The largest absolute Gasteiger partial charge is 0.370 e. The van der Waals surface area contributed by atoms with Crippen LogP contribution in [0.15, 0.2) is 24.3 Å². The Labute approximate surface area is 121 Å². The Hall–Kier alpha value is -1.57. The number of pyridine rings is 1. The molecule has 1 aliphatic carbocycles. The average Bonchev–Trinajstić information content (AvgIpc) is 3.32. The molecule has 1 aromatic heterocycles. The van der Waals surface area contributed by atoms with E-state index in [1.165, 1.54) is 42.2 Å². The summed E-state index contributed by atoms with van der Waals surface area (Å²) in [6.45, 7) is 5.49. The second-order valence-corrected chi connectivity index (χ2v) is 6.19. The number of aromatic nitrogens is 1. The highest BCUT2D eigenvalue weighted by atomic mass is 15.0. The van der Waals surface area contributed by atoms with E-state index in [-0.39, 0.29) is 0 Å². The maximum atomic E-state index is 4.75. The van der Waals surface area contributed by atoms with Crippen LogP contribution in [0.2, 0.25) is 0 Å². The lowest BCUT2D eigenvalue weighted by Crippen LogP contribution is -2.13. The van der Waals surface area contributed by atoms with Crippen LogP contribution in [0, 0.1) is 0 Å². The lowest BCUT2D eigenvalue weighted by atomic mass is 9.99. The minimum Gasteiger partial charge on any atom is -0.370 e. The van der Waals surface area contributed by atoms with Crippen LogP contribution < -0.4 is 5.32 Å². The van der Waals surface area contributed by atoms with Gasteiger partial charge in [0, 0.05) is 11.9 Å². The maximum Gasteiger partial charge on any atom is 0.129 e. The SMILES string of the molecule is C1CC1.CC(C)c1ccc2cc3c(nc2c1)NCCC3. The molecule has 20 heavy (non-hydrogen) atoms. The standard InChI is InChI=1S/C15H18N2.C3H6/c1-10(2)11-5-6-12-8-13-4-3-7-16-15(13)17-14(12)9-11;1-2-3-1/h5-6,8-10H,3-4,7H2,1-2H3,(H,16,17);1-3H2. The van der Waals surface area contributed by atoms with Crippen molar-refractivity contribution in [2.75, 3.05) is 11.9 Å². The van der Waals surface area contributed by atoms with E-state index in [4.69, 9.17) is 4.98 Å². The van der Waals surface area contributed by atoms with E-state index < -0.39 is 0 Å². The van der Waals surface area contributed by atoms with E-state index in [0.717, 1.165) is 24.3 Å². The summed E-state index contributed by atoms with van der Waals surface area (Å²) in [6, 6.07) is 8.92. The first kappa shape index (κ1) is 13.4. The highest BCUT2D eigenvalue weighted by molar-refractivity contribution is 5.82. The molecule has 0 atom stereocenters. The zero-order valence-corrected chi connectivity index (χ0v) is 12.6. The Kier molecular flexibility index (Phi) is 3.90. The van der Waals surface area contributed by atoms with E-state index in [1.54, 1.807) is 0 Å². The van der Waals surface area contributed by atoms with Crippen molar-refractivity contribution in [1.29, 1.82) is 0 Å². The third-order valence-corrected chi connectivity index (χ3v) is 3.86. The number of anilines is 1. The van der Waals surface area contributed by atoms with Crippen molar-refractivity contribution >= 4 is 16.7 Å². The molecule has 1 aromatic carbocycles. The second-order valence-electron chi connectivity index (χ2n) is 6.19. The molecule has 0 bridgehead atoms. The Morgan fingerprint density at radius 3 is 2.55 bits per heavy atom. The van der Waals surface area contributed by atoms with Gasteiger partial charge < -0.3 is 5.32 Å². The molecule has 1 aliphatic heterocycles. The van der Waals surface area contributed by atoms with Crippen molar-refractivity contribution in [3.05, 3.63) is 35.4 Å². The molecule has 4 rings (SSSR count). The monoisotopic (exact) mass is 268 g/mol. The van der Waals surface area contributed by atoms with Gasteiger partial charge in [-0.15, -0.1) is 0 Å². The zero-order chi connectivity index (χ0) is 13.9. The molecule has 0 radical (unpaired) electrons. The summed E-state index contributed by atoms with van der Waals surface area (Å²) < 4.78 is 0. The van der Waals surface area contributed by atoms with Crippen LogP contribution in [-0.4, -0.2) is 11.5 Å². The fourth-order valence-electron chi connectivity index (χ4n) is 2.42. The summed E-state index contributed by atoms with van der Waals surface area (Å²) in [5.74, 6) is 1.65. The number of aryl methyl sites for hydroxylation is 1. The van der Waals surface area contributed by atoms with Crippen LogP contribution in [0.3, 0.4) is 0 Å². The Balaban J connectivity index is 0.000000358. The number of hydrogen-bond donors (Lipinski definition) is 1. The summed E-state index contributed by atoms with van der Waals surface area (Å²) >= 11 is 0. The normalized spacial score (nSPS) is 16.1. The lowest BCUT2D eigenvalue weighted by Gasteiger charge is -2.17. The highest BCUT2D eigenvalue weighted by Crippen LogP contribution is 2.26. The number of fused-ring (bicyclic) bond motifs is 2. The fourth-order valence-corrected chi connectivity index (χ4v) is 2.42. The molecule has 1 N–H and O–H groups in total. The summed E-state index contributed by atoms with van der Waals surface area (Å²) in [4.78, 5) is 4.75. The van der Waals surface area contributed by atoms with Crippen molar-refractivity contribution in [1.82, 2.24) is 4.98 Å². The van der Waals surface area contributed by atoms with Gasteiger partial charge in [-0.05, 0) is 42.0 Å². The number of nitrogens with zero attached hydrogens (tertiary/aromatic N) is 1. The molecule has 0 saturated heterocycles. The molecule has 0 spiro atoms. The first-order chi connectivity index (χ1) is 9.74. The third kappa shape index (κ3) is 3.12. The molecule has 1 saturated carbocycles. The Bertz CT molecular complexity index is 597. The molecule has 2 aliphatic rings. The third-order valence-electron chi connectivity index (χ3n) is 3.86. The molecule has 1 fully saturated rings. The van der Waals surface area contributed by atoms with Gasteiger partial charge in [0.25, 0.3) is 0 Å². The van der Waals surface area contributed by atoms with Crippen LogP contribution in [0.5, 0.6) is 0 Å². The van der Waals surface area contributed by atoms with Crippen LogP contribution in [0.4, 0.5) is 5.82 Å². The number of rotatable bonds is 1. The molecule has 2 nitrogen and oxygen atoms in total. The van der Waals surface area contributed by atoms with Crippen LogP contribution >= 0.6 is 0 Å². The van der Waals surface area contributed by atoms with E-state index in [1.807, 2.05) is 0 Å². The molecule has 2 heterocycles. The van der Waals surface area contributed by atoms with Gasteiger partial charge in [-0.2, -0.15) is 0 Å². The average molecular weight is 268 g/mol. The van der Waals surface area contributed by atoms with Gasteiger partial charge in [-0.25, -0.2) is 4.98 Å². The number of benzene rings is 1. The van der Waals surface area contributed by atoms with Crippen molar-refractivity contribution < 1.29 is 0 Å². The minimum atomic E-state index is 0.560. The summed E-state index contributed by atoms with van der Waals surface area (Å²) in [5, 5.41) is 4.65. The molecular formula is C18H24N2. The fraction of sp³-hybridized carbons (Fsp3) is 0.500. The second kappa shape index (κ2) is 5.82. The first-order valence-electron chi connectivity index (χ1n) is 7.91.